The molecule has 0 bridgehead atoms. The molecule has 0 radical (unpaired) electrons. The molecule has 16 heavy (non-hydrogen) atoms. The molecule has 5 heteroatoms. The molecule has 1 aromatic carbocycles. The van der Waals surface area contributed by atoms with Gasteiger partial charge in [-0.15, -0.1) is 0 Å². The normalized spacial score (nSPS) is 13.6. The van der Waals surface area contributed by atoms with E-state index < -0.39 is 9.84 Å². The highest BCUT2D eigenvalue weighted by atomic mass is 32.2. The number of aliphatic hydroxyl groups excluding tert-OH is 1. The van der Waals surface area contributed by atoms with E-state index in [0.717, 1.165) is 0 Å². The van der Waals surface area contributed by atoms with Crippen molar-refractivity contribution in [2.45, 2.75) is 17.9 Å². The van der Waals surface area contributed by atoms with Crippen molar-refractivity contribution in [1.82, 2.24) is 5.32 Å². The molecular formula is C11H17NO3S. The van der Waals surface area contributed by atoms with E-state index >= 15 is 0 Å². The van der Waals surface area contributed by atoms with Crippen molar-refractivity contribution in [1.29, 1.82) is 0 Å². The monoisotopic (exact) mass is 243 g/mol. The van der Waals surface area contributed by atoms with Crippen LogP contribution in [0.2, 0.25) is 0 Å². The Morgan fingerprint density at radius 2 is 1.94 bits per heavy atom. The maximum Gasteiger partial charge on any atom is 0.179 e. The summed E-state index contributed by atoms with van der Waals surface area (Å²) < 4.78 is 23.6. The largest absolute Gasteiger partial charge is 0.395 e. The van der Waals surface area contributed by atoms with Crippen LogP contribution in [0.3, 0.4) is 0 Å². The van der Waals surface area contributed by atoms with Gasteiger partial charge < -0.3 is 10.4 Å². The van der Waals surface area contributed by atoms with Crippen molar-refractivity contribution in [3.63, 3.8) is 0 Å². The van der Waals surface area contributed by atoms with Crippen LogP contribution in [0.5, 0.6) is 0 Å². The van der Waals surface area contributed by atoms with E-state index in [1.807, 2.05) is 0 Å². The third-order valence-corrected chi connectivity index (χ3v) is 3.97. The molecule has 1 aromatic rings. The molecule has 0 unspecified atom stereocenters. The van der Waals surface area contributed by atoms with Crippen LogP contribution in [-0.2, 0) is 9.84 Å². The van der Waals surface area contributed by atoms with E-state index in [1.54, 1.807) is 37.3 Å². The van der Waals surface area contributed by atoms with Crippen molar-refractivity contribution < 1.29 is 13.5 Å². The fourth-order valence-electron chi connectivity index (χ4n) is 1.25. The first-order chi connectivity index (χ1) is 7.56. The molecule has 0 spiro atoms. The zero-order chi connectivity index (χ0) is 12.0. The van der Waals surface area contributed by atoms with Gasteiger partial charge in [0.2, 0.25) is 0 Å². The Kier molecular flexibility index (Phi) is 4.92. The first-order valence-corrected chi connectivity index (χ1v) is 6.83. The van der Waals surface area contributed by atoms with Gasteiger partial charge in [-0.25, -0.2) is 8.42 Å². The summed E-state index contributed by atoms with van der Waals surface area (Å²) in [6.07, 6.45) is 0. The number of rotatable bonds is 6. The molecule has 0 fully saturated rings. The number of aliphatic hydroxyl groups is 1. The fourth-order valence-corrected chi connectivity index (χ4v) is 2.44. The van der Waals surface area contributed by atoms with Gasteiger partial charge in [0.15, 0.2) is 9.84 Å². The first-order valence-electron chi connectivity index (χ1n) is 5.18. The van der Waals surface area contributed by atoms with E-state index in [1.165, 1.54) is 0 Å². The molecule has 0 aromatic heterocycles. The van der Waals surface area contributed by atoms with Gasteiger partial charge in [0.1, 0.15) is 0 Å². The van der Waals surface area contributed by atoms with Crippen molar-refractivity contribution in [2.75, 3.05) is 18.9 Å². The average molecular weight is 243 g/mol. The van der Waals surface area contributed by atoms with Gasteiger partial charge in [-0.1, -0.05) is 18.2 Å². The number of hydrogen-bond acceptors (Lipinski definition) is 4. The molecule has 0 aliphatic rings. The molecule has 0 aliphatic heterocycles. The van der Waals surface area contributed by atoms with Gasteiger partial charge in [0.05, 0.1) is 17.3 Å². The summed E-state index contributed by atoms with van der Waals surface area (Å²) >= 11 is 0. The standard InChI is InChI=1S/C11H17NO3S/c1-10(9-13)12-7-8-16(14,15)11-5-3-2-4-6-11/h2-6,10,12-13H,7-9H2,1H3/t10-/m0/s1. The first kappa shape index (κ1) is 13.2. The molecule has 0 aliphatic carbocycles. The van der Waals surface area contributed by atoms with Crippen LogP contribution in [0.4, 0.5) is 0 Å². The number of sulfone groups is 1. The molecule has 0 saturated carbocycles. The van der Waals surface area contributed by atoms with E-state index in [2.05, 4.69) is 5.32 Å². The average Bonchev–Trinajstić information content (AvgIpc) is 2.30. The van der Waals surface area contributed by atoms with Crippen molar-refractivity contribution in [2.24, 2.45) is 0 Å². The number of benzene rings is 1. The van der Waals surface area contributed by atoms with Gasteiger partial charge in [0, 0.05) is 12.6 Å². The maximum atomic E-state index is 11.8. The second-order valence-electron chi connectivity index (χ2n) is 3.67. The summed E-state index contributed by atoms with van der Waals surface area (Å²) in [6.45, 7) is 2.15. The Morgan fingerprint density at radius 3 is 2.50 bits per heavy atom. The van der Waals surface area contributed by atoms with Gasteiger partial charge in [0.25, 0.3) is 0 Å². The SMILES string of the molecule is C[C@@H](CO)NCCS(=O)(=O)c1ccccc1. The molecule has 1 rings (SSSR count). The number of nitrogens with one attached hydrogen (secondary N) is 1. The van der Waals surface area contributed by atoms with E-state index in [4.69, 9.17) is 5.11 Å². The zero-order valence-corrected chi connectivity index (χ0v) is 10.1. The minimum absolute atomic E-state index is 0.00534. The van der Waals surface area contributed by atoms with Crippen LogP contribution >= 0.6 is 0 Å². The highest BCUT2D eigenvalue weighted by Crippen LogP contribution is 2.09. The topological polar surface area (TPSA) is 66.4 Å². The Morgan fingerprint density at radius 1 is 1.31 bits per heavy atom. The number of hydrogen-bond donors (Lipinski definition) is 2. The molecule has 1 atom stereocenters. The lowest BCUT2D eigenvalue weighted by atomic mass is 10.4. The minimum Gasteiger partial charge on any atom is -0.395 e. The minimum atomic E-state index is -3.21. The predicted molar refractivity (Wildman–Crippen MR) is 63.0 cm³/mol. The Hall–Kier alpha value is -0.910. The van der Waals surface area contributed by atoms with Gasteiger partial charge >= 0.3 is 0 Å². The van der Waals surface area contributed by atoms with Crippen LogP contribution in [-0.4, -0.2) is 38.5 Å². The summed E-state index contributed by atoms with van der Waals surface area (Å²) in [5.74, 6) is 0.0430. The second-order valence-corrected chi connectivity index (χ2v) is 5.78. The molecule has 90 valence electrons. The quantitative estimate of drug-likeness (QED) is 0.760. The lowest BCUT2D eigenvalue weighted by Crippen LogP contribution is -2.33. The van der Waals surface area contributed by atoms with Crippen LogP contribution in [0.1, 0.15) is 6.92 Å². The van der Waals surface area contributed by atoms with Crippen molar-refractivity contribution in [3.8, 4) is 0 Å². The third-order valence-electron chi connectivity index (χ3n) is 2.24. The second kappa shape index (κ2) is 5.98. The smallest absolute Gasteiger partial charge is 0.179 e. The molecular weight excluding hydrogens is 226 g/mol. The van der Waals surface area contributed by atoms with Crippen LogP contribution in [0.25, 0.3) is 0 Å². The highest BCUT2D eigenvalue weighted by molar-refractivity contribution is 7.91. The lowest BCUT2D eigenvalue weighted by Gasteiger charge is -2.10. The molecule has 0 saturated heterocycles. The summed E-state index contributed by atoms with van der Waals surface area (Å²) in [4.78, 5) is 0.341. The Balaban J connectivity index is 2.54. The summed E-state index contributed by atoms with van der Waals surface area (Å²) in [7, 11) is -3.21. The summed E-state index contributed by atoms with van der Waals surface area (Å²) in [6, 6.07) is 8.29. The fraction of sp³-hybridized carbons (Fsp3) is 0.455. The summed E-state index contributed by atoms with van der Waals surface area (Å²) in [5, 5.41) is 11.7. The zero-order valence-electron chi connectivity index (χ0n) is 9.26. The molecule has 2 N–H and O–H groups in total. The Bertz CT molecular complexity index is 402. The maximum absolute atomic E-state index is 11.8. The Labute approximate surface area is 96.2 Å². The van der Waals surface area contributed by atoms with Crippen molar-refractivity contribution >= 4 is 9.84 Å². The molecule has 0 amide bonds. The van der Waals surface area contributed by atoms with Crippen LogP contribution < -0.4 is 5.32 Å². The lowest BCUT2D eigenvalue weighted by molar-refractivity contribution is 0.253. The predicted octanol–water partition coefficient (Wildman–Crippen LogP) is 0.431. The van der Waals surface area contributed by atoms with Gasteiger partial charge in [-0.05, 0) is 19.1 Å². The van der Waals surface area contributed by atoms with Gasteiger partial charge in [-0.3, -0.25) is 0 Å². The van der Waals surface area contributed by atoms with E-state index in [9.17, 15) is 8.42 Å². The molecule has 4 nitrogen and oxygen atoms in total. The summed E-state index contributed by atoms with van der Waals surface area (Å²) in [5.41, 5.74) is 0. The van der Waals surface area contributed by atoms with Crippen molar-refractivity contribution in [3.05, 3.63) is 30.3 Å². The van der Waals surface area contributed by atoms with Gasteiger partial charge in [-0.2, -0.15) is 0 Å². The third kappa shape index (κ3) is 3.92. The molecule has 0 heterocycles. The van der Waals surface area contributed by atoms with E-state index in [-0.39, 0.29) is 18.4 Å². The van der Waals surface area contributed by atoms with Crippen LogP contribution in [0.15, 0.2) is 35.2 Å². The van der Waals surface area contributed by atoms with E-state index in [0.29, 0.717) is 11.4 Å². The van der Waals surface area contributed by atoms with Crippen LogP contribution in [0, 0.1) is 0 Å². The highest BCUT2D eigenvalue weighted by Gasteiger charge is 2.13.